The molecule has 0 saturated carbocycles. The normalized spacial score (nSPS) is 15.5. The maximum Gasteiger partial charge on any atom is 0.220 e. The maximum absolute atomic E-state index is 11.2. The Hall–Kier alpha value is -1.69. The van der Waals surface area contributed by atoms with Gasteiger partial charge < -0.3 is 15.0 Å². The predicted octanol–water partition coefficient (Wildman–Crippen LogP) is 0.339. The van der Waals surface area contributed by atoms with Gasteiger partial charge in [-0.2, -0.15) is 0 Å². The van der Waals surface area contributed by atoms with Gasteiger partial charge in [-0.1, -0.05) is 6.92 Å². The summed E-state index contributed by atoms with van der Waals surface area (Å²) in [4.78, 5) is 21.9. The van der Waals surface area contributed by atoms with Crippen LogP contribution in [0.5, 0.6) is 0 Å². The van der Waals surface area contributed by atoms with E-state index in [0.717, 1.165) is 32.1 Å². The van der Waals surface area contributed by atoms with Crippen LogP contribution in [0.3, 0.4) is 0 Å². The van der Waals surface area contributed by atoms with E-state index in [4.69, 9.17) is 4.74 Å². The zero-order chi connectivity index (χ0) is 12.8. The fourth-order valence-corrected chi connectivity index (χ4v) is 1.74. The van der Waals surface area contributed by atoms with Gasteiger partial charge in [0.1, 0.15) is 11.6 Å². The molecule has 0 bridgehead atoms. The molecule has 18 heavy (non-hydrogen) atoms. The lowest BCUT2D eigenvalue weighted by Gasteiger charge is -2.27. The van der Waals surface area contributed by atoms with Crippen LogP contribution in [0.25, 0.3) is 0 Å². The molecule has 0 atom stereocenters. The van der Waals surface area contributed by atoms with Crippen molar-refractivity contribution in [1.29, 1.82) is 0 Å². The Morgan fingerprint density at radius 3 is 3.00 bits per heavy atom. The van der Waals surface area contributed by atoms with E-state index >= 15 is 0 Å². The highest BCUT2D eigenvalue weighted by Gasteiger charge is 2.12. The van der Waals surface area contributed by atoms with E-state index in [1.807, 2.05) is 13.0 Å². The van der Waals surface area contributed by atoms with Crippen molar-refractivity contribution in [2.24, 2.45) is 0 Å². The number of morpholine rings is 1. The fourth-order valence-electron chi connectivity index (χ4n) is 1.74. The summed E-state index contributed by atoms with van der Waals surface area (Å²) in [6.07, 6.45) is 2.20. The first kappa shape index (κ1) is 12.8. The van der Waals surface area contributed by atoms with Crippen molar-refractivity contribution in [2.75, 3.05) is 31.2 Å². The molecule has 0 spiro atoms. The standard InChI is InChI=1S/C12H18N4O2/c1-2-12(17)14-9-10-13-4-3-11(15-10)16-5-7-18-8-6-16/h3-4H,2,5-9H2,1H3,(H,14,17). The Morgan fingerprint density at radius 2 is 2.28 bits per heavy atom. The average Bonchev–Trinajstić information content (AvgIpc) is 2.46. The number of nitrogens with zero attached hydrogens (tertiary/aromatic N) is 3. The lowest BCUT2D eigenvalue weighted by Crippen LogP contribution is -2.37. The number of carbonyl (C=O) groups excluding carboxylic acids is 1. The second-order valence-corrected chi connectivity index (χ2v) is 4.06. The van der Waals surface area contributed by atoms with Gasteiger partial charge in [0.15, 0.2) is 0 Å². The number of ether oxygens (including phenoxy) is 1. The minimum absolute atomic E-state index is 0.00961. The summed E-state index contributed by atoms with van der Waals surface area (Å²) in [6.45, 7) is 5.35. The number of nitrogens with one attached hydrogen (secondary N) is 1. The van der Waals surface area contributed by atoms with Crippen molar-refractivity contribution >= 4 is 11.7 Å². The Balaban J connectivity index is 1.98. The molecule has 6 heteroatoms. The number of amides is 1. The second kappa shape index (κ2) is 6.30. The minimum Gasteiger partial charge on any atom is -0.378 e. The first-order valence-corrected chi connectivity index (χ1v) is 6.21. The van der Waals surface area contributed by atoms with Crippen molar-refractivity contribution in [3.8, 4) is 0 Å². The summed E-state index contributed by atoms with van der Waals surface area (Å²) in [5.74, 6) is 1.55. The molecule has 1 aliphatic heterocycles. The first-order chi connectivity index (χ1) is 8.79. The van der Waals surface area contributed by atoms with Crippen molar-refractivity contribution in [3.05, 3.63) is 18.1 Å². The summed E-state index contributed by atoms with van der Waals surface area (Å²) < 4.78 is 5.30. The first-order valence-electron chi connectivity index (χ1n) is 6.21. The molecule has 2 heterocycles. The summed E-state index contributed by atoms with van der Waals surface area (Å²) in [5.41, 5.74) is 0. The van der Waals surface area contributed by atoms with Gasteiger partial charge in [0.25, 0.3) is 0 Å². The molecule has 0 unspecified atom stereocenters. The molecule has 2 rings (SSSR count). The molecule has 98 valence electrons. The van der Waals surface area contributed by atoms with Crippen LogP contribution in [0.1, 0.15) is 19.2 Å². The summed E-state index contributed by atoms with van der Waals surface area (Å²) in [6, 6.07) is 1.89. The van der Waals surface area contributed by atoms with Gasteiger partial charge in [0.2, 0.25) is 5.91 Å². The van der Waals surface area contributed by atoms with Crippen molar-refractivity contribution in [1.82, 2.24) is 15.3 Å². The number of anilines is 1. The zero-order valence-electron chi connectivity index (χ0n) is 10.6. The van der Waals surface area contributed by atoms with E-state index < -0.39 is 0 Å². The van der Waals surface area contributed by atoms with Crippen LogP contribution in [0.4, 0.5) is 5.82 Å². The summed E-state index contributed by atoms with van der Waals surface area (Å²) >= 11 is 0. The van der Waals surface area contributed by atoms with Crippen molar-refractivity contribution in [2.45, 2.75) is 19.9 Å². The molecule has 0 aliphatic carbocycles. The van der Waals surface area contributed by atoms with E-state index in [2.05, 4.69) is 20.2 Å². The molecular formula is C12H18N4O2. The lowest BCUT2D eigenvalue weighted by atomic mass is 10.4. The number of hydrogen-bond donors (Lipinski definition) is 1. The molecule has 1 aromatic rings. The van der Waals surface area contributed by atoms with Crippen LogP contribution in [0.15, 0.2) is 12.3 Å². The lowest BCUT2D eigenvalue weighted by molar-refractivity contribution is -0.120. The molecule has 1 aliphatic rings. The number of rotatable bonds is 4. The van der Waals surface area contributed by atoms with Gasteiger partial charge in [0.05, 0.1) is 19.8 Å². The van der Waals surface area contributed by atoms with E-state index in [1.165, 1.54) is 0 Å². The minimum atomic E-state index is 0.00961. The Bertz CT molecular complexity index is 405. The van der Waals surface area contributed by atoms with Gasteiger partial charge >= 0.3 is 0 Å². The summed E-state index contributed by atoms with van der Waals surface area (Å²) in [7, 11) is 0. The highest BCUT2D eigenvalue weighted by molar-refractivity contribution is 5.75. The SMILES string of the molecule is CCC(=O)NCc1nccc(N2CCOCC2)n1. The van der Waals surface area contributed by atoms with Crippen LogP contribution in [-0.2, 0) is 16.1 Å². The molecule has 1 N–H and O–H groups in total. The van der Waals surface area contributed by atoms with E-state index in [0.29, 0.717) is 18.8 Å². The van der Waals surface area contributed by atoms with Gasteiger partial charge in [0, 0.05) is 25.7 Å². The third kappa shape index (κ3) is 3.40. The molecule has 6 nitrogen and oxygen atoms in total. The quantitative estimate of drug-likeness (QED) is 0.834. The van der Waals surface area contributed by atoms with Crippen LogP contribution in [0.2, 0.25) is 0 Å². The monoisotopic (exact) mass is 250 g/mol. The van der Waals surface area contributed by atoms with E-state index in [-0.39, 0.29) is 5.91 Å². The topological polar surface area (TPSA) is 67.4 Å². The Labute approximate surface area is 106 Å². The predicted molar refractivity (Wildman–Crippen MR) is 67.2 cm³/mol. The third-order valence-corrected chi connectivity index (χ3v) is 2.79. The smallest absolute Gasteiger partial charge is 0.220 e. The summed E-state index contributed by atoms with van der Waals surface area (Å²) in [5, 5.41) is 2.77. The molecule has 0 radical (unpaired) electrons. The van der Waals surface area contributed by atoms with Crippen LogP contribution in [0, 0.1) is 0 Å². The van der Waals surface area contributed by atoms with Gasteiger partial charge in [-0.25, -0.2) is 9.97 Å². The molecule has 1 saturated heterocycles. The number of hydrogen-bond acceptors (Lipinski definition) is 5. The third-order valence-electron chi connectivity index (χ3n) is 2.79. The highest BCUT2D eigenvalue weighted by atomic mass is 16.5. The van der Waals surface area contributed by atoms with Crippen molar-refractivity contribution in [3.63, 3.8) is 0 Å². The molecule has 1 amide bonds. The highest BCUT2D eigenvalue weighted by Crippen LogP contribution is 2.11. The number of aromatic nitrogens is 2. The molecule has 1 fully saturated rings. The molecular weight excluding hydrogens is 232 g/mol. The largest absolute Gasteiger partial charge is 0.378 e. The second-order valence-electron chi connectivity index (χ2n) is 4.06. The van der Waals surface area contributed by atoms with Crippen molar-refractivity contribution < 1.29 is 9.53 Å². The van der Waals surface area contributed by atoms with E-state index in [1.54, 1.807) is 6.20 Å². The van der Waals surface area contributed by atoms with Crippen LogP contribution >= 0.6 is 0 Å². The zero-order valence-corrected chi connectivity index (χ0v) is 10.6. The molecule has 0 aromatic carbocycles. The van der Waals surface area contributed by atoms with Gasteiger partial charge in [-0.15, -0.1) is 0 Å². The Kier molecular flexibility index (Phi) is 4.46. The Morgan fingerprint density at radius 1 is 1.50 bits per heavy atom. The van der Waals surface area contributed by atoms with E-state index in [9.17, 15) is 4.79 Å². The maximum atomic E-state index is 11.2. The van der Waals surface area contributed by atoms with Gasteiger partial charge in [-0.05, 0) is 6.07 Å². The average molecular weight is 250 g/mol. The van der Waals surface area contributed by atoms with Gasteiger partial charge in [-0.3, -0.25) is 4.79 Å². The molecule has 1 aromatic heterocycles. The number of carbonyl (C=O) groups is 1. The van der Waals surface area contributed by atoms with Crippen LogP contribution in [-0.4, -0.2) is 42.2 Å². The van der Waals surface area contributed by atoms with Crippen LogP contribution < -0.4 is 10.2 Å². The fraction of sp³-hybridized carbons (Fsp3) is 0.583.